The molecule has 0 radical (unpaired) electrons. The van der Waals surface area contributed by atoms with E-state index in [4.69, 9.17) is 4.74 Å². The van der Waals surface area contributed by atoms with Crippen molar-refractivity contribution in [1.29, 1.82) is 0 Å². The highest BCUT2D eigenvalue weighted by Gasteiger charge is 2.30. The second-order valence-electron chi connectivity index (χ2n) is 4.96. The van der Waals surface area contributed by atoms with Gasteiger partial charge in [-0.1, -0.05) is 12.1 Å². The fourth-order valence-corrected chi connectivity index (χ4v) is 2.39. The van der Waals surface area contributed by atoms with E-state index in [1.54, 1.807) is 0 Å². The van der Waals surface area contributed by atoms with Crippen LogP contribution in [0.1, 0.15) is 17.5 Å². The molecule has 1 aliphatic rings. The van der Waals surface area contributed by atoms with Crippen molar-refractivity contribution in [1.82, 2.24) is 5.32 Å². The van der Waals surface area contributed by atoms with Crippen LogP contribution in [0.25, 0.3) is 0 Å². The number of rotatable bonds is 4. The number of carbonyl (C=O) groups excluding carboxylic acids is 1. The van der Waals surface area contributed by atoms with Crippen molar-refractivity contribution in [2.75, 3.05) is 31.6 Å². The number of aryl methyl sites for hydroxylation is 1. The van der Waals surface area contributed by atoms with Gasteiger partial charge in [0.25, 0.3) is 5.91 Å². The summed E-state index contributed by atoms with van der Waals surface area (Å²) in [6.07, 6.45) is 0.401. The molecule has 1 unspecified atom stereocenters. The van der Waals surface area contributed by atoms with Crippen LogP contribution >= 0.6 is 0 Å². The Balaban J connectivity index is 2.19. The van der Waals surface area contributed by atoms with Gasteiger partial charge in [-0.05, 0) is 51.1 Å². The number of ether oxygens (including phenoxy) is 1. The van der Waals surface area contributed by atoms with Gasteiger partial charge in [0.15, 0.2) is 0 Å². The second-order valence-corrected chi connectivity index (χ2v) is 4.96. The molecule has 2 rings (SSSR count). The summed E-state index contributed by atoms with van der Waals surface area (Å²) >= 11 is 0. The molecule has 1 atom stereocenters. The summed E-state index contributed by atoms with van der Waals surface area (Å²) in [5, 5.41) is 3.06. The molecule has 1 heterocycles. The second kappa shape index (κ2) is 6.17. The molecular weight excluding hydrogens is 240 g/mol. The molecule has 1 aliphatic heterocycles. The quantitative estimate of drug-likeness (QED) is 0.897. The molecular formula is C15H22N2O2. The van der Waals surface area contributed by atoms with Crippen LogP contribution in [-0.4, -0.2) is 38.8 Å². The van der Waals surface area contributed by atoms with Crippen molar-refractivity contribution in [2.24, 2.45) is 0 Å². The molecule has 4 heteroatoms. The number of nitrogens with one attached hydrogen (secondary N) is 1. The van der Waals surface area contributed by atoms with Crippen LogP contribution in [-0.2, 0) is 9.53 Å². The van der Waals surface area contributed by atoms with Crippen molar-refractivity contribution >= 4 is 11.6 Å². The molecule has 0 bridgehead atoms. The Morgan fingerprint density at radius 1 is 1.42 bits per heavy atom. The molecule has 0 spiro atoms. The van der Waals surface area contributed by atoms with Gasteiger partial charge in [0.1, 0.15) is 6.10 Å². The number of amides is 1. The van der Waals surface area contributed by atoms with E-state index in [-0.39, 0.29) is 12.0 Å². The number of hydrogen-bond donors (Lipinski definition) is 1. The first-order chi connectivity index (χ1) is 9.15. The van der Waals surface area contributed by atoms with Crippen LogP contribution in [0.2, 0.25) is 0 Å². The maximum absolute atomic E-state index is 12.5. The van der Waals surface area contributed by atoms with Crippen LogP contribution in [0.3, 0.4) is 0 Å². The third kappa shape index (κ3) is 2.96. The summed E-state index contributed by atoms with van der Waals surface area (Å²) in [4.78, 5) is 14.3. The van der Waals surface area contributed by atoms with E-state index in [2.05, 4.69) is 25.2 Å². The highest BCUT2D eigenvalue weighted by Crippen LogP contribution is 2.25. The van der Waals surface area contributed by atoms with Gasteiger partial charge in [-0.2, -0.15) is 0 Å². The first kappa shape index (κ1) is 14.0. The fraction of sp³-hybridized carbons (Fsp3) is 0.533. The van der Waals surface area contributed by atoms with Crippen molar-refractivity contribution in [3.8, 4) is 0 Å². The zero-order valence-corrected chi connectivity index (χ0v) is 11.9. The standard InChI is InChI=1S/C15H22N2O2/c1-11-5-4-6-13(12(11)2)17-9-10-19-14(15(17)18)7-8-16-3/h4-6,14,16H,7-10H2,1-3H3. The minimum atomic E-state index is -0.318. The Labute approximate surface area is 114 Å². The van der Waals surface area contributed by atoms with E-state index in [1.165, 1.54) is 11.1 Å². The molecule has 1 aromatic carbocycles. The Bertz CT molecular complexity index is 459. The predicted octanol–water partition coefficient (Wildman–Crippen LogP) is 1.64. The van der Waals surface area contributed by atoms with Crippen LogP contribution in [0, 0.1) is 13.8 Å². The number of hydrogen-bond acceptors (Lipinski definition) is 3. The largest absolute Gasteiger partial charge is 0.366 e. The highest BCUT2D eigenvalue weighted by atomic mass is 16.5. The smallest absolute Gasteiger partial charge is 0.256 e. The van der Waals surface area contributed by atoms with Crippen molar-refractivity contribution < 1.29 is 9.53 Å². The zero-order valence-electron chi connectivity index (χ0n) is 11.9. The van der Waals surface area contributed by atoms with Gasteiger partial charge in [0.05, 0.1) is 6.61 Å². The Morgan fingerprint density at radius 2 is 2.21 bits per heavy atom. The number of morpholine rings is 1. The summed E-state index contributed by atoms with van der Waals surface area (Å²) in [6, 6.07) is 6.09. The zero-order chi connectivity index (χ0) is 13.8. The fourth-order valence-electron chi connectivity index (χ4n) is 2.39. The molecule has 104 valence electrons. The molecule has 0 aliphatic carbocycles. The number of nitrogens with zero attached hydrogens (tertiary/aromatic N) is 1. The van der Waals surface area contributed by atoms with E-state index in [0.717, 1.165) is 18.7 Å². The Kier molecular flexibility index (Phi) is 4.56. The summed E-state index contributed by atoms with van der Waals surface area (Å²) in [5.41, 5.74) is 3.40. The maximum Gasteiger partial charge on any atom is 0.256 e. The first-order valence-electron chi connectivity index (χ1n) is 6.79. The van der Waals surface area contributed by atoms with Crippen LogP contribution in [0.5, 0.6) is 0 Å². The topological polar surface area (TPSA) is 41.6 Å². The van der Waals surface area contributed by atoms with E-state index in [1.807, 2.05) is 24.1 Å². The SMILES string of the molecule is CNCCC1OCCN(c2cccc(C)c2C)C1=O. The van der Waals surface area contributed by atoms with E-state index >= 15 is 0 Å². The Morgan fingerprint density at radius 3 is 2.95 bits per heavy atom. The lowest BCUT2D eigenvalue weighted by atomic mass is 10.1. The van der Waals surface area contributed by atoms with Crippen molar-refractivity contribution in [3.63, 3.8) is 0 Å². The molecule has 1 amide bonds. The molecule has 1 aromatic rings. The molecule has 4 nitrogen and oxygen atoms in total. The lowest BCUT2D eigenvalue weighted by Gasteiger charge is -2.33. The lowest BCUT2D eigenvalue weighted by molar-refractivity contribution is -0.134. The van der Waals surface area contributed by atoms with Crippen molar-refractivity contribution in [2.45, 2.75) is 26.4 Å². The molecule has 0 saturated carbocycles. The average Bonchev–Trinajstić information content (AvgIpc) is 2.41. The molecule has 0 aromatic heterocycles. The highest BCUT2D eigenvalue weighted by molar-refractivity contribution is 5.97. The lowest BCUT2D eigenvalue weighted by Crippen LogP contribution is -2.48. The predicted molar refractivity (Wildman–Crippen MR) is 76.6 cm³/mol. The first-order valence-corrected chi connectivity index (χ1v) is 6.79. The van der Waals surface area contributed by atoms with Gasteiger partial charge in [-0.3, -0.25) is 4.79 Å². The molecule has 1 N–H and O–H groups in total. The molecule has 1 fully saturated rings. The van der Waals surface area contributed by atoms with Gasteiger partial charge in [-0.25, -0.2) is 0 Å². The van der Waals surface area contributed by atoms with Gasteiger partial charge >= 0.3 is 0 Å². The minimum absolute atomic E-state index is 0.0789. The van der Waals surface area contributed by atoms with Gasteiger partial charge < -0.3 is 15.0 Å². The molecule has 19 heavy (non-hydrogen) atoms. The minimum Gasteiger partial charge on any atom is -0.366 e. The monoisotopic (exact) mass is 262 g/mol. The van der Waals surface area contributed by atoms with Gasteiger partial charge in [0.2, 0.25) is 0 Å². The summed E-state index contributed by atoms with van der Waals surface area (Å²) in [6.45, 7) is 6.17. The van der Waals surface area contributed by atoms with Gasteiger partial charge in [-0.15, -0.1) is 0 Å². The Hall–Kier alpha value is -1.39. The average molecular weight is 262 g/mol. The number of carbonyl (C=O) groups is 1. The number of benzene rings is 1. The maximum atomic E-state index is 12.5. The number of anilines is 1. The van der Waals surface area contributed by atoms with E-state index in [9.17, 15) is 4.79 Å². The third-order valence-electron chi connectivity index (χ3n) is 3.70. The molecule has 1 saturated heterocycles. The van der Waals surface area contributed by atoms with Crippen LogP contribution in [0.15, 0.2) is 18.2 Å². The summed E-state index contributed by atoms with van der Waals surface area (Å²) < 4.78 is 5.58. The van der Waals surface area contributed by atoms with E-state index < -0.39 is 0 Å². The third-order valence-corrected chi connectivity index (χ3v) is 3.70. The van der Waals surface area contributed by atoms with Crippen LogP contribution < -0.4 is 10.2 Å². The summed E-state index contributed by atoms with van der Waals surface area (Å²) in [7, 11) is 1.88. The normalized spacial score (nSPS) is 19.8. The summed E-state index contributed by atoms with van der Waals surface area (Å²) in [5.74, 6) is 0.0789. The van der Waals surface area contributed by atoms with E-state index in [0.29, 0.717) is 13.2 Å². The van der Waals surface area contributed by atoms with Gasteiger partial charge in [0, 0.05) is 12.2 Å². The van der Waals surface area contributed by atoms with Crippen LogP contribution in [0.4, 0.5) is 5.69 Å². The van der Waals surface area contributed by atoms with Crippen molar-refractivity contribution in [3.05, 3.63) is 29.3 Å².